The van der Waals surface area contributed by atoms with Crippen LogP contribution in [0.15, 0.2) is 91.0 Å². The number of aryl methyl sites for hydroxylation is 1. The number of carboxylic acid groups (broad SMARTS) is 1. The van der Waals surface area contributed by atoms with Crippen LogP contribution in [0.3, 0.4) is 0 Å². The zero-order chi connectivity index (χ0) is 31.5. The second kappa shape index (κ2) is 15.4. The van der Waals surface area contributed by atoms with E-state index in [2.05, 4.69) is 5.32 Å². The highest BCUT2D eigenvalue weighted by Gasteiger charge is 2.23. The third-order valence-corrected chi connectivity index (χ3v) is 7.27. The van der Waals surface area contributed by atoms with E-state index >= 15 is 0 Å². The molecule has 0 bridgehead atoms. The molecule has 228 valence electrons. The molecule has 2 N–H and O–H groups in total. The van der Waals surface area contributed by atoms with E-state index in [-0.39, 0.29) is 31.3 Å². The molecule has 0 fully saturated rings. The van der Waals surface area contributed by atoms with Crippen LogP contribution in [-0.4, -0.2) is 54.6 Å². The van der Waals surface area contributed by atoms with Gasteiger partial charge in [-0.25, -0.2) is 0 Å². The minimum atomic E-state index is -0.991. The van der Waals surface area contributed by atoms with Crippen LogP contribution in [0.4, 0.5) is 0 Å². The summed E-state index contributed by atoms with van der Waals surface area (Å²) in [4.78, 5) is 40.4. The largest absolute Gasteiger partial charge is 0.493 e. The first-order valence-corrected chi connectivity index (χ1v) is 14.6. The molecule has 4 aromatic rings. The first-order valence-electron chi connectivity index (χ1n) is 14.6. The van der Waals surface area contributed by atoms with Crippen LogP contribution in [0.1, 0.15) is 50.8 Å². The average Bonchev–Trinajstić information content (AvgIpc) is 3.04. The van der Waals surface area contributed by atoms with Gasteiger partial charge in [0.15, 0.2) is 11.5 Å². The minimum Gasteiger partial charge on any atom is -0.493 e. The van der Waals surface area contributed by atoms with Gasteiger partial charge in [-0.2, -0.15) is 0 Å². The van der Waals surface area contributed by atoms with Crippen molar-refractivity contribution in [2.75, 3.05) is 26.8 Å². The Morgan fingerprint density at radius 2 is 1.43 bits per heavy atom. The third kappa shape index (κ3) is 8.25. The van der Waals surface area contributed by atoms with Gasteiger partial charge in [0.25, 0.3) is 11.8 Å². The monoisotopic (exact) mass is 594 g/mol. The molecule has 4 rings (SSSR count). The van der Waals surface area contributed by atoms with E-state index in [1.807, 2.05) is 80.6 Å². The number of aliphatic carboxylic acids is 1. The van der Waals surface area contributed by atoms with Gasteiger partial charge in [0.1, 0.15) is 0 Å². The lowest BCUT2D eigenvalue weighted by Crippen LogP contribution is -2.35. The Morgan fingerprint density at radius 1 is 0.795 bits per heavy atom. The van der Waals surface area contributed by atoms with Crippen molar-refractivity contribution in [1.82, 2.24) is 10.2 Å². The zero-order valence-electron chi connectivity index (χ0n) is 25.3. The zero-order valence-corrected chi connectivity index (χ0v) is 25.3. The van der Waals surface area contributed by atoms with E-state index < -0.39 is 5.97 Å². The molecule has 8 heteroatoms. The third-order valence-electron chi connectivity index (χ3n) is 7.27. The smallest absolute Gasteiger partial charge is 0.305 e. The summed E-state index contributed by atoms with van der Waals surface area (Å²) in [6.45, 7) is 5.11. The van der Waals surface area contributed by atoms with Crippen molar-refractivity contribution < 1.29 is 29.0 Å². The summed E-state index contributed by atoms with van der Waals surface area (Å²) in [5.41, 5.74) is 5.09. The number of hydrogen-bond donors (Lipinski definition) is 2. The Balaban J connectivity index is 1.59. The Labute approximate surface area is 258 Å². The van der Waals surface area contributed by atoms with Gasteiger partial charge >= 0.3 is 5.97 Å². The van der Waals surface area contributed by atoms with Crippen LogP contribution in [0.2, 0.25) is 0 Å². The lowest BCUT2D eigenvalue weighted by atomic mass is 9.94. The maximum absolute atomic E-state index is 14.0. The molecule has 0 saturated carbocycles. The van der Waals surface area contributed by atoms with Gasteiger partial charge in [-0.3, -0.25) is 14.4 Å². The maximum atomic E-state index is 14.0. The molecule has 8 nitrogen and oxygen atoms in total. The van der Waals surface area contributed by atoms with Crippen LogP contribution in [0.25, 0.3) is 11.1 Å². The molecule has 0 aliphatic carbocycles. The van der Waals surface area contributed by atoms with Crippen LogP contribution in [-0.2, 0) is 17.8 Å². The van der Waals surface area contributed by atoms with E-state index in [1.54, 1.807) is 36.3 Å². The standard InChI is InChI=1S/C36H38N2O6/c1-4-44-32-18-17-26(23-33(32)43-3)19-21-38(22-20-34(39)40)36(42)31-12-8-6-10-29(31)28-9-5-7-11-30(28)35(41)37-24-27-15-13-25(2)14-16-27/h5-18,23H,4,19-22,24H2,1-3H3,(H,37,41)(H,39,40). The van der Waals surface area contributed by atoms with Crippen molar-refractivity contribution in [2.45, 2.75) is 33.2 Å². The van der Waals surface area contributed by atoms with Crippen LogP contribution >= 0.6 is 0 Å². The number of carbonyl (C=O) groups is 3. The minimum absolute atomic E-state index is 0.0371. The number of carbonyl (C=O) groups excluding carboxylic acids is 2. The van der Waals surface area contributed by atoms with E-state index in [0.717, 1.165) is 16.7 Å². The summed E-state index contributed by atoms with van der Waals surface area (Å²) in [6.07, 6.45) is 0.285. The number of carboxylic acids is 1. The first-order chi connectivity index (χ1) is 21.3. The molecule has 0 aliphatic rings. The predicted octanol–water partition coefficient (Wildman–Crippen LogP) is 6.16. The summed E-state index contributed by atoms with van der Waals surface area (Å²) in [7, 11) is 1.57. The molecular formula is C36H38N2O6. The number of ether oxygens (including phenoxy) is 2. The fourth-order valence-electron chi connectivity index (χ4n) is 4.93. The molecule has 0 aromatic heterocycles. The molecule has 2 amide bonds. The van der Waals surface area contributed by atoms with Gasteiger partial charge < -0.3 is 24.8 Å². The highest BCUT2D eigenvalue weighted by molar-refractivity contribution is 6.06. The van der Waals surface area contributed by atoms with Crippen LogP contribution < -0.4 is 14.8 Å². The normalized spacial score (nSPS) is 10.6. The van der Waals surface area contributed by atoms with Gasteiger partial charge in [0, 0.05) is 30.8 Å². The van der Waals surface area contributed by atoms with Gasteiger partial charge in [-0.05, 0) is 66.8 Å². The highest BCUT2D eigenvalue weighted by atomic mass is 16.5. The van der Waals surface area contributed by atoms with Gasteiger partial charge in [-0.15, -0.1) is 0 Å². The van der Waals surface area contributed by atoms with Crippen LogP contribution in [0, 0.1) is 6.92 Å². The predicted molar refractivity (Wildman–Crippen MR) is 170 cm³/mol. The maximum Gasteiger partial charge on any atom is 0.305 e. The Hall–Kier alpha value is -5.11. The topological polar surface area (TPSA) is 105 Å². The highest BCUT2D eigenvalue weighted by Crippen LogP contribution is 2.30. The number of benzene rings is 4. The number of nitrogens with one attached hydrogen (secondary N) is 1. The number of methoxy groups -OCH3 is 1. The fourth-order valence-corrected chi connectivity index (χ4v) is 4.93. The number of amides is 2. The lowest BCUT2D eigenvalue weighted by molar-refractivity contribution is -0.137. The summed E-state index contributed by atoms with van der Waals surface area (Å²) < 4.78 is 11.1. The molecule has 0 saturated heterocycles. The van der Waals surface area contributed by atoms with Crippen molar-refractivity contribution in [1.29, 1.82) is 0 Å². The molecule has 0 spiro atoms. The summed E-state index contributed by atoms with van der Waals surface area (Å²) in [5, 5.41) is 12.4. The van der Waals surface area contributed by atoms with Gasteiger partial charge in [0.05, 0.1) is 20.1 Å². The molecule has 0 aliphatic heterocycles. The van der Waals surface area contributed by atoms with Gasteiger partial charge in [0.2, 0.25) is 0 Å². The first kappa shape index (κ1) is 31.8. The number of rotatable bonds is 14. The summed E-state index contributed by atoms with van der Waals surface area (Å²) in [6, 6.07) is 27.9. The molecule has 4 aromatic carbocycles. The van der Waals surface area contributed by atoms with Crippen molar-refractivity contribution in [3.05, 3.63) is 119 Å². The number of hydrogen-bond acceptors (Lipinski definition) is 5. The summed E-state index contributed by atoms with van der Waals surface area (Å²) >= 11 is 0. The van der Waals surface area contributed by atoms with Crippen LogP contribution in [0.5, 0.6) is 11.5 Å². The van der Waals surface area contributed by atoms with E-state index in [0.29, 0.717) is 53.3 Å². The SMILES string of the molecule is CCOc1ccc(CCN(CCC(=O)O)C(=O)c2ccccc2-c2ccccc2C(=O)NCc2ccc(C)cc2)cc1OC. The molecular weight excluding hydrogens is 556 g/mol. The Morgan fingerprint density at radius 3 is 2.09 bits per heavy atom. The van der Waals surface area contributed by atoms with E-state index in [4.69, 9.17) is 9.47 Å². The quantitative estimate of drug-likeness (QED) is 0.181. The van der Waals surface area contributed by atoms with Crippen molar-refractivity contribution in [3.63, 3.8) is 0 Å². The van der Waals surface area contributed by atoms with E-state index in [1.165, 1.54) is 0 Å². The van der Waals surface area contributed by atoms with Crippen molar-refractivity contribution >= 4 is 17.8 Å². The number of nitrogens with zero attached hydrogens (tertiary/aromatic N) is 1. The molecule has 0 atom stereocenters. The fraction of sp³-hybridized carbons (Fsp3) is 0.250. The molecule has 44 heavy (non-hydrogen) atoms. The van der Waals surface area contributed by atoms with Gasteiger partial charge in [-0.1, -0.05) is 72.3 Å². The molecule has 0 unspecified atom stereocenters. The Bertz CT molecular complexity index is 1600. The average molecular weight is 595 g/mol. The molecule has 0 heterocycles. The summed E-state index contributed by atoms with van der Waals surface area (Å²) in [5.74, 6) is -0.330. The lowest BCUT2D eigenvalue weighted by Gasteiger charge is -2.24. The van der Waals surface area contributed by atoms with Crippen molar-refractivity contribution in [2.24, 2.45) is 0 Å². The second-order valence-electron chi connectivity index (χ2n) is 10.4. The second-order valence-corrected chi connectivity index (χ2v) is 10.4. The molecule has 0 radical (unpaired) electrons. The Kier molecular flexibility index (Phi) is 11.1. The van der Waals surface area contributed by atoms with Crippen molar-refractivity contribution in [3.8, 4) is 22.6 Å². The van der Waals surface area contributed by atoms with E-state index in [9.17, 15) is 19.5 Å².